The maximum Gasteiger partial charge on any atom is 0.233 e. The Bertz CT molecular complexity index is 2410. The van der Waals surface area contributed by atoms with Gasteiger partial charge in [0.05, 0.1) is 25.4 Å². The van der Waals surface area contributed by atoms with Gasteiger partial charge in [-0.05, 0) is 233 Å². The topological polar surface area (TPSA) is 164 Å². The second-order valence-electron chi connectivity index (χ2n) is 23.2. The van der Waals surface area contributed by atoms with Crippen LogP contribution in [0.15, 0.2) is 84.9 Å². The Kier molecular flexibility index (Phi) is 15.0. The normalized spacial score (nSPS) is 28.0. The van der Waals surface area contributed by atoms with Crippen LogP contribution in [0.2, 0.25) is 0 Å². The largest absolute Gasteiger partial charge is 0.506 e. The number of nitrogens with zero attached hydrogens (tertiary/aromatic N) is 2. The maximum absolute atomic E-state index is 12.7. The molecule has 2 amide bonds. The minimum absolute atomic E-state index is 0.00337. The van der Waals surface area contributed by atoms with Gasteiger partial charge in [-0.15, -0.1) is 0 Å². The van der Waals surface area contributed by atoms with Crippen molar-refractivity contribution in [1.29, 1.82) is 0 Å². The van der Waals surface area contributed by atoms with Gasteiger partial charge in [-0.3, -0.25) is 9.59 Å². The summed E-state index contributed by atoms with van der Waals surface area (Å²) in [5.41, 5.74) is 3.87. The molecule has 12 nitrogen and oxygen atoms in total. The molecule has 0 heterocycles. The second-order valence-corrected chi connectivity index (χ2v) is 23.2. The number of aliphatic hydroxyl groups is 2. The molecular weight excluding hydrogens is 893 g/mol. The number of aliphatic hydroxyl groups excluding tert-OH is 2. The van der Waals surface area contributed by atoms with Gasteiger partial charge in [-0.25, -0.2) is 10.0 Å². The summed E-state index contributed by atoms with van der Waals surface area (Å²) in [5.74, 6) is 6.74. The van der Waals surface area contributed by atoms with Gasteiger partial charge >= 0.3 is 0 Å². The quantitative estimate of drug-likeness (QED) is 0.0214. The number of amides is 2. The zero-order chi connectivity index (χ0) is 49.1. The van der Waals surface area contributed by atoms with Crippen LogP contribution in [-0.2, 0) is 22.4 Å². The van der Waals surface area contributed by atoms with E-state index in [4.69, 9.17) is 9.47 Å². The number of hydrogen-bond acceptors (Lipinski definition) is 10. The average Bonchev–Trinajstić information content (AvgIpc) is 3.33. The lowest BCUT2D eigenvalue weighted by atomic mass is 9.49. The minimum atomic E-state index is -1.02. The molecule has 4 aromatic rings. The lowest BCUT2D eigenvalue weighted by Gasteiger charge is -2.57. The first-order valence-electron chi connectivity index (χ1n) is 26.8. The predicted molar refractivity (Wildman–Crippen MR) is 275 cm³/mol. The van der Waals surface area contributed by atoms with E-state index in [1.807, 2.05) is 24.3 Å². The highest BCUT2D eigenvalue weighted by Crippen LogP contribution is 2.62. The Hall–Kier alpha value is -5.14. The first-order chi connectivity index (χ1) is 34.4. The summed E-state index contributed by atoms with van der Waals surface area (Å²) in [5, 5.41) is 52.9. The second kappa shape index (κ2) is 21.5. The highest BCUT2D eigenvalue weighted by atomic mass is 16.5. The molecule has 71 heavy (non-hydrogen) atoms. The van der Waals surface area contributed by atoms with E-state index in [0.29, 0.717) is 47.7 Å². The first-order valence-corrected chi connectivity index (χ1v) is 26.8. The summed E-state index contributed by atoms with van der Waals surface area (Å²) < 4.78 is 12.7. The van der Waals surface area contributed by atoms with Crippen LogP contribution in [0, 0.1) is 46.3 Å². The summed E-state index contributed by atoms with van der Waals surface area (Å²) in [6.07, 6.45) is 19.4. The molecule has 8 saturated carbocycles. The van der Waals surface area contributed by atoms with Gasteiger partial charge in [0.1, 0.15) is 34.4 Å². The van der Waals surface area contributed by atoms with Crippen LogP contribution in [0.25, 0.3) is 0 Å². The van der Waals surface area contributed by atoms with Crippen molar-refractivity contribution in [3.8, 4) is 23.0 Å². The molecule has 12 rings (SSSR count). The smallest absolute Gasteiger partial charge is 0.233 e. The van der Waals surface area contributed by atoms with Crippen molar-refractivity contribution < 1.29 is 39.5 Å². The Morgan fingerprint density at radius 2 is 1.04 bits per heavy atom. The molecule has 0 aromatic heterocycles. The number of rotatable bonds is 25. The summed E-state index contributed by atoms with van der Waals surface area (Å²) in [4.78, 5) is 25.4. The number of phenolic OH excluding ortho intramolecular Hbond substituents is 2. The summed E-state index contributed by atoms with van der Waals surface area (Å²) in [6, 6.07) is 25.2. The number of hydrogen-bond donors (Lipinski definition) is 6. The van der Waals surface area contributed by atoms with Crippen LogP contribution in [0.5, 0.6) is 23.0 Å². The van der Waals surface area contributed by atoms with Crippen LogP contribution in [0.1, 0.15) is 131 Å². The fourth-order valence-corrected chi connectivity index (χ4v) is 15.3. The van der Waals surface area contributed by atoms with E-state index in [9.17, 15) is 30.0 Å². The van der Waals surface area contributed by atoms with Crippen molar-refractivity contribution in [3.05, 3.63) is 107 Å². The highest BCUT2D eigenvalue weighted by molar-refractivity contribution is 5.93. The Balaban J connectivity index is 0.690. The Morgan fingerprint density at radius 1 is 0.606 bits per heavy atom. The number of benzene rings is 4. The van der Waals surface area contributed by atoms with Gasteiger partial charge in [0.25, 0.3) is 0 Å². The number of aromatic hydroxyl groups is 2. The maximum atomic E-state index is 12.7. The number of nitrogens with one attached hydrogen (secondary N) is 2. The molecule has 6 N–H and O–H groups in total. The van der Waals surface area contributed by atoms with Gasteiger partial charge in [0.2, 0.25) is 12.8 Å². The van der Waals surface area contributed by atoms with E-state index in [1.54, 1.807) is 12.1 Å². The standard InChI is InChI=1S/C59H76N4O8/c1-39(18-41-5-3-7-51(26-41)71-17-14-59-32-45-22-46(33-59)24-47(23-45)34-59)61-36-57(69)49-9-11-55(67)53(28-49)63(38-65)62(37-64)52-27-48(8-10-54(52)66)56(68)35-60-15-12-40-4-2-6-50(25-40)70-16-13-58-29-42-19-43(30-58)21-44(20-42)31-58/h2-11,25-28,37-39,42-47,56-57,60-61,66-69H,12-24,29-36H2,1H3/t39-,42?,43?,44?,45?,46?,47?,56+,57+,58?,59?/m1/s1. The summed E-state index contributed by atoms with van der Waals surface area (Å²) in [7, 11) is 0. The molecule has 8 aliphatic carbocycles. The van der Waals surface area contributed by atoms with Gasteiger partial charge < -0.3 is 40.5 Å². The fraction of sp³-hybridized carbons (Fsp3) is 0.559. The Morgan fingerprint density at radius 3 is 1.51 bits per heavy atom. The molecule has 8 aliphatic rings. The molecule has 12 heteroatoms. The fourth-order valence-electron chi connectivity index (χ4n) is 15.3. The molecule has 0 saturated heterocycles. The molecule has 0 unspecified atom stereocenters. The van der Waals surface area contributed by atoms with E-state index in [2.05, 4.69) is 41.8 Å². The number of anilines is 2. The summed E-state index contributed by atoms with van der Waals surface area (Å²) in [6.45, 7) is 4.53. The minimum Gasteiger partial charge on any atom is -0.506 e. The van der Waals surface area contributed by atoms with Crippen LogP contribution in [0.4, 0.5) is 11.4 Å². The van der Waals surface area contributed by atoms with Crippen LogP contribution in [0.3, 0.4) is 0 Å². The number of carbonyl (C=O) groups is 2. The van der Waals surface area contributed by atoms with Crippen molar-refractivity contribution in [2.45, 2.75) is 128 Å². The number of carbonyl (C=O) groups excluding carboxylic acids is 2. The predicted octanol–water partition coefficient (Wildman–Crippen LogP) is 9.73. The monoisotopic (exact) mass is 969 g/mol. The molecule has 4 aromatic carbocycles. The number of ether oxygens (including phenoxy) is 2. The van der Waals surface area contributed by atoms with Crippen molar-refractivity contribution in [1.82, 2.24) is 10.6 Å². The van der Waals surface area contributed by atoms with E-state index in [-0.39, 0.29) is 42.0 Å². The van der Waals surface area contributed by atoms with Gasteiger partial charge in [0.15, 0.2) is 0 Å². The molecule has 8 bridgehead atoms. The van der Waals surface area contributed by atoms with Gasteiger partial charge in [-0.2, -0.15) is 0 Å². The van der Waals surface area contributed by atoms with E-state index < -0.39 is 12.2 Å². The van der Waals surface area contributed by atoms with Crippen LogP contribution >= 0.6 is 0 Å². The van der Waals surface area contributed by atoms with E-state index in [0.717, 1.165) is 101 Å². The van der Waals surface area contributed by atoms with Crippen molar-refractivity contribution in [3.63, 3.8) is 0 Å². The van der Waals surface area contributed by atoms with Gasteiger partial charge in [-0.1, -0.05) is 36.4 Å². The summed E-state index contributed by atoms with van der Waals surface area (Å²) >= 11 is 0. The number of hydrazine groups is 1. The SMILES string of the molecule is C[C@H](Cc1cccc(OCCC23CC4CC(CC(C4)C2)C3)c1)NC[C@H](O)c1ccc(O)c(N(C=O)N(C=O)c2cc([C@@H](O)CNCCc3cccc(OCCC45CC6CC(CC(C6)C4)C5)c3)ccc2O)c1. The molecule has 0 spiro atoms. The lowest BCUT2D eigenvalue weighted by Crippen LogP contribution is -2.46. The lowest BCUT2D eigenvalue weighted by molar-refractivity contribution is -0.111. The third-order valence-corrected chi connectivity index (χ3v) is 17.8. The average molecular weight is 969 g/mol. The van der Waals surface area contributed by atoms with Gasteiger partial charge in [0, 0.05) is 19.1 Å². The zero-order valence-corrected chi connectivity index (χ0v) is 41.6. The van der Waals surface area contributed by atoms with Crippen molar-refractivity contribution in [2.75, 3.05) is 42.9 Å². The first kappa shape index (κ1) is 49.4. The molecular formula is C59H76N4O8. The van der Waals surface area contributed by atoms with E-state index >= 15 is 0 Å². The molecule has 0 radical (unpaired) electrons. The molecule has 0 aliphatic heterocycles. The third kappa shape index (κ3) is 11.6. The Labute approximate surface area is 420 Å². The molecule has 380 valence electrons. The zero-order valence-electron chi connectivity index (χ0n) is 41.6. The molecule has 3 atom stereocenters. The van der Waals surface area contributed by atoms with Crippen molar-refractivity contribution >= 4 is 24.2 Å². The number of phenols is 2. The third-order valence-electron chi connectivity index (χ3n) is 17.8. The molecule has 8 fully saturated rings. The van der Waals surface area contributed by atoms with E-state index in [1.165, 1.54) is 101 Å². The van der Waals surface area contributed by atoms with Crippen LogP contribution in [-0.4, -0.2) is 72.1 Å². The highest BCUT2D eigenvalue weighted by Gasteiger charge is 2.51. The van der Waals surface area contributed by atoms with Crippen LogP contribution < -0.4 is 30.1 Å². The van der Waals surface area contributed by atoms with Crippen molar-refractivity contribution in [2.24, 2.45) is 46.3 Å².